The number of ether oxygens (including phenoxy) is 1. The van der Waals surface area contributed by atoms with Crippen LogP contribution in [0, 0.1) is 0 Å². The van der Waals surface area contributed by atoms with Gasteiger partial charge in [-0.1, -0.05) is 12.1 Å². The zero-order chi connectivity index (χ0) is 17.6. The van der Waals surface area contributed by atoms with Gasteiger partial charge in [0.25, 0.3) is 0 Å². The van der Waals surface area contributed by atoms with E-state index in [0.717, 1.165) is 21.5 Å². The van der Waals surface area contributed by atoms with Crippen LogP contribution in [0.25, 0.3) is 11.3 Å². The first-order valence-corrected chi connectivity index (χ1v) is 8.58. The van der Waals surface area contributed by atoms with Crippen LogP contribution in [0.3, 0.4) is 0 Å². The van der Waals surface area contributed by atoms with E-state index in [1.165, 1.54) is 0 Å². The largest absolute Gasteiger partial charge is 0.497 e. The van der Waals surface area contributed by atoms with Crippen LogP contribution in [0.5, 0.6) is 5.75 Å². The number of nitrogens with one attached hydrogen (secondary N) is 1. The van der Waals surface area contributed by atoms with Crippen molar-refractivity contribution in [3.05, 3.63) is 65.1 Å². The number of carbonyl (C=O) groups excluding carboxylic acids is 1. The molecule has 0 spiro atoms. The van der Waals surface area contributed by atoms with Gasteiger partial charge in [0.15, 0.2) is 11.7 Å². The second kappa shape index (κ2) is 7.98. The molecule has 0 aliphatic carbocycles. The smallest absolute Gasteiger partial charge is 0.224 e. The molecule has 0 fully saturated rings. The van der Waals surface area contributed by atoms with Gasteiger partial charge in [-0.15, -0.1) is 0 Å². The predicted molar refractivity (Wildman–Crippen MR) is 99.6 cm³/mol. The zero-order valence-corrected chi connectivity index (χ0v) is 15.2. The quantitative estimate of drug-likeness (QED) is 0.651. The molecule has 1 aromatic heterocycles. The highest BCUT2D eigenvalue weighted by atomic mass is 79.9. The van der Waals surface area contributed by atoms with Gasteiger partial charge in [0.05, 0.1) is 19.0 Å². The monoisotopic (exact) mass is 400 g/mol. The summed E-state index contributed by atoms with van der Waals surface area (Å²) in [5, 5.41) is 2.86. The molecule has 0 aliphatic heterocycles. The van der Waals surface area contributed by atoms with Gasteiger partial charge in [-0.05, 0) is 52.3 Å². The summed E-state index contributed by atoms with van der Waals surface area (Å²) in [5.74, 6) is 1.90. The molecule has 128 valence electrons. The Morgan fingerprint density at radius 1 is 1.20 bits per heavy atom. The van der Waals surface area contributed by atoms with Crippen LogP contribution in [-0.2, 0) is 11.2 Å². The molecule has 0 bridgehead atoms. The Labute approximate surface area is 154 Å². The maximum absolute atomic E-state index is 12.1. The fourth-order valence-electron chi connectivity index (χ4n) is 2.31. The van der Waals surface area contributed by atoms with Crippen molar-refractivity contribution in [3.63, 3.8) is 0 Å². The number of methoxy groups -OCH3 is 1. The number of hydrogen-bond acceptors (Lipinski definition) is 4. The summed E-state index contributed by atoms with van der Waals surface area (Å²) in [7, 11) is 1.63. The average Bonchev–Trinajstić information content (AvgIpc) is 3.11. The number of amides is 1. The number of hydrogen-bond donors (Lipinski definition) is 1. The lowest BCUT2D eigenvalue weighted by molar-refractivity contribution is -0.116. The van der Waals surface area contributed by atoms with E-state index in [1.807, 2.05) is 48.5 Å². The molecule has 2 aromatic carbocycles. The highest BCUT2D eigenvalue weighted by molar-refractivity contribution is 9.10. The lowest BCUT2D eigenvalue weighted by atomic mass is 10.2. The van der Waals surface area contributed by atoms with Crippen LogP contribution >= 0.6 is 15.9 Å². The van der Waals surface area contributed by atoms with Crippen LogP contribution in [0.15, 0.2) is 63.6 Å². The molecule has 0 aliphatic rings. The number of halogens is 1. The van der Waals surface area contributed by atoms with E-state index < -0.39 is 0 Å². The number of anilines is 1. The van der Waals surface area contributed by atoms with Gasteiger partial charge >= 0.3 is 0 Å². The van der Waals surface area contributed by atoms with Crippen LogP contribution < -0.4 is 10.1 Å². The molecule has 1 N–H and O–H groups in total. The minimum Gasteiger partial charge on any atom is -0.497 e. The van der Waals surface area contributed by atoms with Crippen molar-refractivity contribution in [2.75, 3.05) is 12.4 Å². The Hall–Kier alpha value is -2.60. The maximum atomic E-state index is 12.1. The molecular weight excluding hydrogens is 384 g/mol. The number of benzene rings is 2. The first-order chi connectivity index (χ1) is 12.2. The molecule has 5 nitrogen and oxygen atoms in total. The van der Waals surface area contributed by atoms with Crippen LogP contribution in [0.2, 0.25) is 0 Å². The molecule has 0 saturated carbocycles. The molecule has 0 atom stereocenters. The van der Waals surface area contributed by atoms with E-state index in [0.29, 0.717) is 24.5 Å². The molecule has 3 aromatic rings. The normalized spacial score (nSPS) is 10.5. The van der Waals surface area contributed by atoms with Crippen LogP contribution in [0.1, 0.15) is 12.3 Å². The third kappa shape index (κ3) is 4.48. The first-order valence-electron chi connectivity index (χ1n) is 7.79. The van der Waals surface area contributed by atoms with E-state index in [2.05, 4.69) is 26.2 Å². The molecular formula is C19H17BrN2O3. The number of nitrogens with zero attached hydrogens (tertiary/aromatic N) is 1. The van der Waals surface area contributed by atoms with Crippen molar-refractivity contribution >= 4 is 27.5 Å². The Kier molecular flexibility index (Phi) is 5.50. The van der Waals surface area contributed by atoms with Gasteiger partial charge in [-0.3, -0.25) is 4.79 Å². The summed E-state index contributed by atoms with van der Waals surface area (Å²) < 4.78 is 11.7. The average molecular weight is 401 g/mol. The van der Waals surface area contributed by atoms with Gasteiger partial charge < -0.3 is 14.5 Å². The Morgan fingerprint density at radius 3 is 2.68 bits per heavy atom. The summed E-state index contributed by atoms with van der Waals surface area (Å²) in [6.45, 7) is 0. The molecule has 1 amide bonds. The third-order valence-electron chi connectivity index (χ3n) is 3.64. The fraction of sp³-hybridized carbons (Fsp3) is 0.158. The second-order valence-electron chi connectivity index (χ2n) is 5.37. The van der Waals surface area contributed by atoms with E-state index >= 15 is 0 Å². The number of aryl methyl sites for hydroxylation is 1. The molecule has 25 heavy (non-hydrogen) atoms. The van der Waals surface area contributed by atoms with Crippen molar-refractivity contribution < 1.29 is 13.9 Å². The zero-order valence-electron chi connectivity index (χ0n) is 13.7. The number of para-hydroxylation sites is 1. The Morgan fingerprint density at radius 2 is 1.96 bits per heavy atom. The second-order valence-corrected chi connectivity index (χ2v) is 6.23. The third-order valence-corrected chi connectivity index (χ3v) is 4.33. The SMILES string of the molecule is COc1ccc(-c2cnc(CCC(=O)Nc3ccccc3Br)o2)cc1. The van der Waals surface area contributed by atoms with Gasteiger partial charge in [0.1, 0.15) is 5.75 Å². The minimum atomic E-state index is -0.0869. The molecule has 1 heterocycles. The fourth-order valence-corrected chi connectivity index (χ4v) is 2.69. The highest BCUT2D eigenvalue weighted by Crippen LogP contribution is 2.24. The summed E-state index contributed by atoms with van der Waals surface area (Å²) in [4.78, 5) is 16.3. The van der Waals surface area contributed by atoms with Gasteiger partial charge in [-0.2, -0.15) is 0 Å². The predicted octanol–water partition coefficient (Wildman–Crippen LogP) is 4.68. The van der Waals surface area contributed by atoms with Gasteiger partial charge in [0, 0.05) is 22.9 Å². The topological polar surface area (TPSA) is 64.4 Å². The summed E-state index contributed by atoms with van der Waals surface area (Å²) in [5.41, 5.74) is 1.66. The maximum Gasteiger partial charge on any atom is 0.224 e. The van der Waals surface area contributed by atoms with Crippen LogP contribution in [0.4, 0.5) is 5.69 Å². The molecule has 0 saturated heterocycles. The van der Waals surface area contributed by atoms with Crippen molar-refractivity contribution in [1.82, 2.24) is 4.98 Å². The molecule has 3 rings (SSSR count). The number of oxazole rings is 1. The number of carbonyl (C=O) groups is 1. The summed E-state index contributed by atoms with van der Waals surface area (Å²) >= 11 is 3.41. The van der Waals surface area contributed by atoms with E-state index in [1.54, 1.807) is 13.3 Å². The number of rotatable bonds is 6. The van der Waals surface area contributed by atoms with E-state index in [4.69, 9.17) is 9.15 Å². The summed E-state index contributed by atoms with van der Waals surface area (Å²) in [6.07, 6.45) is 2.40. The van der Waals surface area contributed by atoms with Crippen LogP contribution in [-0.4, -0.2) is 18.0 Å². The van der Waals surface area contributed by atoms with Gasteiger partial charge in [0.2, 0.25) is 5.91 Å². The van der Waals surface area contributed by atoms with Crippen molar-refractivity contribution in [2.24, 2.45) is 0 Å². The summed E-state index contributed by atoms with van der Waals surface area (Å²) in [6, 6.07) is 15.0. The van der Waals surface area contributed by atoms with E-state index in [9.17, 15) is 4.79 Å². The van der Waals surface area contributed by atoms with Crippen molar-refractivity contribution in [2.45, 2.75) is 12.8 Å². The van der Waals surface area contributed by atoms with Crippen molar-refractivity contribution in [3.8, 4) is 17.1 Å². The molecule has 0 radical (unpaired) electrons. The number of aromatic nitrogens is 1. The minimum absolute atomic E-state index is 0.0869. The highest BCUT2D eigenvalue weighted by Gasteiger charge is 2.10. The lowest BCUT2D eigenvalue weighted by Crippen LogP contribution is -2.12. The first kappa shape index (κ1) is 17.2. The Bertz CT molecular complexity index is 859. The molecule has 0 unspecified atom stereocenters. The van der Waals surface area contributed by atoms with Crippen molar-refractivity contribution in [1.29, 1.82) is 0 Å². The van der Waals surface area contributed by atoms with Gasteiger partial charge in [-0.25, -0.2) is 4.98 Å². The standard InChI is InChI=1S/C19H17BrN2O3/c1-24-14-8-6-13(7-9-14)17-12-21-19(25-17)11-10-18(23)22-16-5-3-2-4-15(16)20/h2-9,12H,10-11H2,1H3,(H,22,23). The Balaban J connectivity index is 1.58. The lowest BCUT2D eigenvalue weighted by Gasteiger charge is -2.06. The van der Waals surface area contributed by atoms with E-state index in [-0.39, 0.29) is 5.91 Å². The molecule has 6 heteroatoms.